The molecular weight excluding hydrogens is 268 g/mol. The standard InChI is InChI=1S/C13H21ClN2O3/c1-9-7-16(12(17)10(2)14)8-11(9)13(18)15-3-5-19-6-4-15/h9-11H,3-8H2,1-2H3/t9-,10?,11-/m1/s1. The Labute approximate surface area is 118 Å². The van der Waals surface area contributed by atoms with Crippen LogP contribution in [0.5, 0.6) is 0 Å². The van der Waals surface area contributed by atoms with Crippen molar-refractivity contribution in [2.75, 3.05) is 39.4 Å². The van der Waals surface area contributed by atoms with E-state index in [1.54, 1.807) is 11.8 Å². The van der Waals surface area contributed by atoms with Gasteiger partial charge in [-0.2, -0.15) is 0 Å². The van der Waals surface area contributed by atoms with Crippen LogP contribution in [0.25, 0.3) is 0 Å². The molecule has 1 unspecified atom stereocenters. The minimum atomic E-state index is -0.524. The molecule has 2 fully saturated rings. The molecule has 0 aromatic heterocycles. The first-order valence-electron chi connectivity index (χ1n) is 6.80. The molecule has 0 radical (unpaired) electrons. The zero-order chi connectivity index (χ0) is 14.0. The summed E-state index contributed by atoms with van der Waals surface area (Å²) in [6.07, 6.45) is 0. The average Bonchev–Trinajstić information content (AvgIpc) is 2.80. The summed E-state index contributed by atoms with van der Waals surface area (Å²) in [4.78, 5) is 27.9. The predicted molar refractivity (Wildman–Crippen MR) is 71.9 cm³/mol. The van der Waals surface area contributed by atoms with Crippen molar-refractivity contribution in [2.24, 2.45) is 11.8 Å². The van der Waals surface area contributed by atoms with Crippen molar-refractivity contribution in [3.63, 3.8) is 0 Å². The zero-order valence-electron chi connectivity index (χ0n) is 11.5. The first kappa shape index (κ1) is 14.6. The Morgan fingerprint density at radius 1 is 1.21 bits per heavy atom. The predicted octanol–water partition coefficient (Wildman–Crippen LogP) is 0.567. The number of amides is 2. The maximum atomic E-state index is 12.4. The Morgan fingerprint density at radius 3 is 2.42 bits per heavy atom. The molecule has 19 heavy (non-hydrogen) atoms. The van der Waals surface area contributed by atoms with E-state index in [1.165, 1.54) is 0 Å². The maximum Gasteiger partial charge on any atom is 0.240 e. The van der Waals surface area contributed by atoms with Crippen molar-refractivity contribution >= 4 is 23.4 Å². The van der Waals surface area contributed by atoms with Crippen LogP contribution in [0.4, 0.5) is 0 Å². The number of carbonyl (C=O) groups is 2. The molecule has 0 aromatic rings. The molecule has 3 atom stereocenters. The molecule has 2 heterocycles. The quantitative estimate of drug-likeness (QED) is 0.698. The second-order valence-corrected chi connectivity index (χ2v) is 6.04. The number of hydrogen-bond acceptors (Lipinski definition) is 3. The minimum absolute atomic E-state index is 0.0780. The largest absolute Gasteiger partial charge is 0.378 e. The van der Waals surface area contributed by atoms with Gasteiger partial charge in [0.1, 0.15) is 5.38 Å². The van der Waals surface area contributed by atoms with Gasteiger partial charge in [0, 0.05) is 26.2 Å². The number of morpholine rings is 1. The molecule has 0 aromatic carbocycles. The molecule has 6 heteroatoms. The van der Waals surface area contributed by atoms with Crippen LogP contribution in [0.15, 0.2) is 0 Å². The fraction of sp³-hybridized carbons (Fsp3) is 0.846. The molecule has 0 spiro atoms. The van der Waals surface area contributed by atoms with E-state index in [-0.39, 0.29) is 23.7 Å². The average molecular weight is 289 g/mol. The Balaban J connectivity index is 1.97. The lowest BCUT2D eigenvalue weighted by molar-refractivity contribution is -0.140. The van der Waals surface area contributed by atoms with Crippen LogP contribution < -0.4 is 0 Å². The molecule has 2 aliphatic heterocycles. The van der Waals surface area contributed by atoms with Gasteiger partial charge in [-0.25, -0.2) is 0 Å². The number of alkyl halides is 1. The van der Waals surface area contributed by atoms with E-state index in [1.807, 2.05) is 11.8 Å². The van der Waals surface area contributed by atoms with Gasteiger partial charge in [0.05, 0.1) is 19.1 Å². The second kappa shape index (κ2) is 6.09. The number of nitrogens with zero attached hydrogens (tertiary/aromatic N) is 2. The van der Waals surface area contributed by atoms with Crippen molar-refractivity contribution in [2.45, 2.75) is 19.2 Å². The third-order valence-corrected chi connectivity index (χ3v) is 4.09. The SMILES string of the molecule is CC(Cl)C(=O)N1C[C@@H](C)[C@H](C(=O)N2CCOCC2)C1. The minimum Gasteiger partial charge on any atom is -0.378 e. The maximum absolute atomic E-state index is 12.4. The summed E-state index contributed by atoms with van der Waals surface area (Å²) < 4.78 is 5.25. The molecule has 2 amide bonds. The van der Waals surface area contributed by atoms with Crippen LogP contribution in [0.2, 0.25) is 0 Å². The molecule has 0 saturated carbocycles. The fourth-order valence-corrected chi connectivity index (χ4v) is 2.88. The molecule has 2 rings (SSSR count). The number of halogens is 1. The van der Waals surface area contributed by atoms with E-state index in [0.29, 0.717) is 39.4 Å². The Kier molecular flexibility index (Phi) is 4.68. The highest BCUT2D eigenvalue weighted by Gasteiger charge is 2.39. The number of hydrogen-bond donors (Lipinski definition) is 0. The topological polar surface area (TPSA) is 49.9 Å². The summed E-state index contributed by atoms with van der Waals surface area (Å²) in [6, 6.07) is 0. The van der Waals surface area contributed by atoms with E-state index < -0.39 is 5.38 Å². The molecule has 2 aliphatic rings. The molecule has 0 bridgehead atoms. The third kappa shape index (κ3) is 3.20. The summed E-state index contributed by atoms with van der Waals surface area (Å²) in [6.45, 7) is 7.33. The van der Waals surface area contributed by atoms with Gasteiger partial charge < -0.3 is 14.5 Å². The normalized spacial score (nSPS) is 29.4. The summed E-state index contributed by atoms with van der Waals surface area (Å²) >= 11 is 5.83. The van der Waals surface area contributed by atoms with Crippen molar-refractivity contribution in [1.29, 1.82) is 0 Å². The van der Waals surface area contributed by atoms with Gasteiger partial charge in [-0.15, -0.1) is 11.6 Å². The first-order chi connectivity index (χ1) is 9.00. The van der Waals surface area contributed by atoms with Gasteiger partial charge in [0.15, 0.2) is 0 Å². The number of carbonyl (C=O) groups excluding carboxylic acids is 2. The lowest BCUT2D eigenvalue weighted by Gasteiger charge is -2.30. The summed E-state index contributed by atoms with van der Waals surface area (Å²) in [5, 5.41) is -0.524. The van der Waals surface area contributed by atoms with Crippen LogP contribution in [-0.4, -0.2) is 66.4 Å². The van der Waals surface area contributed by atoms with E-state index in [4.69, 9.17) is 16.3 Å². The summed E-state index contributed by atoms with van der Waals surface area (Å²) in [7, 11) is 0. The number of ether oxygens (including phenoxy) is 1. The van der Waals surface area contributed by atoms with Gasteiger partial charge in [-0.3, -0.25) is 9.59 Å². The van der Waals surface area contributed by atoms with E-state index in [9.17, 15) is 9.59 Å². The van der Waals surface area contributed by atoms with E-state index in [0.717, 1.165) is 0 Å². The third-order valence-electron chi connectivity index (χ3n) is 3.90. The lowest BCUT2D eigenvalue weighted by Crippen LogP contribution is -2.45. The van der Waals surface area contributed by atoms with Crippen LogP contribution in [0.1, 0.15) is 13.8 Å². The monoisotopic (exact) mass is 288 g/mol. The lowest BCUT2D eigenvalue weighted by atomic mass is 9.96. The number of rotatable bonds is 2. The van der Waals surface area contributed by atoms with Crippen LogP contribution in [0.3, 0.4) is 0 Å². The molecule has 5 nitrogen and oxygen atoms in total. The van der Waals surface area contributed by atoms with E-state index in [2.05, 4.69) is 0 Å². The smallest absolute Gasteiger partial charge is 0.240 e. The summed E-state index contributed by atoms with van der Waals surface area (Å²) in [5.41, 5.74) is 0. The van der Waals surface area contributed by atoms with Gasteiger partial charge in [-0.05, 0) is 12.8 Å². The summed E-state index contributed by atoms with van der Waals surface area (Å²) in [5.74, 6) is 0.159. The molecule has 2 saturated heterocycles. The van der Waals surface area contributed by atoms with Crippen molar-refractivity contribution in [1.82, 2.24) is 9.80 Å². The van der Waals surface area contributed by atoms with Gasteiger partial charge in [-0.1, -0.05) is 6.92 Å². The molecule has 108 valence electrons. The van der Waals surface area contributed by atoms with Crippen LogP contribution in [0, 0.1) is 11.8 Å². The van der Waals surface area contributed by atoms with Crippen LogP contribution in [-0.2, 0) is 14.3 Å². The van der Waals surface area contributed by atoms with Crippen molar-refractivity contribution in [3.05, 3.63) is 0 Å². The Bertz CT molecular complexity index is 356. The Hall–Kier alpha value is -0.810. The number of likely N-dealkylation sites (tertiary alicyclic amines) is 1. The molecule has 0 aliphatic carbocycles. The zero-order valence-corrected chi connectivity index (χ0v) is 12.2. The highest BCUT2D eigenvalue weighted by atomic mass is 35.5. The van der Waals surface area contributed by atoms with Gasteiger partial charge >= 0.3 is 0 Å². The first-order valence-corrected chi connectivity index (χ1v) is 7.23. The highest BCUT2D eigenvalue weighted by Crippen LogP contribution is 2.26. The second-order valence-electron chi connectivity index (χ2n) is 5.38. The van der Waals surface area contributed by atoms with Crippen LogP contribution >= 0.6 is 11.6 Å². The van der Waals surface area contributed by atoms with Gasteiger partial charge in [0.25, 0.3) is 0 Å². The van der Waals surface area contributed by atoms with Gasteiger partial charge in [0.2, 0.25) is 11.8 Å². The molecule has 0 N–H and O–H groups in total. The van der Waals surface area contributed by atoms with Crippen molar-refractivity contribution < 1.29 is 14.3 Å². The highest BCUT2D eigenvalue weighted by molar-refractivity contribution is 6.30. The molecular formula is C13H21ClN2O3. The van der Waals surface area contributed by atoms with Crippen molar-refractivity contribution in [3.8, 4) is 0 Å². The van der Waals surface area contributed by atoms with E-state index >= 15 is 0 Å². The Morgan fingerprint density at radius 2 is 1.84 bits per heavy atom. The fourth-order valence-electron chi connectivity index (χ4n) is 2.74.